The van der Waals surface area contributed by atoms with E-state index in [4.69, 9.17) is 0 Å². The lowest BCUT2D eigenvalue weighted by Gasteiger charge is -2.32. The van der Waals surface area contributed by atoms with E-state index in [1.165, 1.54) is 88.6 Å². The van der Waals surface area contributed by atoms with Gasteiger partial charge in [-0.2, -0.15) is 0 Å². The van der Waals surface area contributed by atoms with Crippen LogP contribution in [0.3, 0.4) is 0 Å². The number of para-hydroxylation sites is 2. The second kappa shape index (κ2) is 15.6. The lowest BCUT2D eigenvalue weighted by Crippen LogP contribution is -2.16. The third-order valence-corrected chi connectivity index (χ3v) is 13.6. The molecule has 308 valence electrons. The first-order valence-corrected chi connectivity index (χ1v) is 22.6. The molecular weight excluding hydrogens is 785 g/mol. The zero-order valence-electron chi connectivity index (χ0n) is 36.5. The van der Waals surface area contributed by atoms with Gasteiger partial charge in [0.25, 0.3) is 0 Å². The molecular formula is C63H46N2. The first-order valence-electron chi connectivity index (χ1n) is 22.6. The number of hydrogen-bond acceptors (Lipinski definition) is 1. The third kappa shape index (κ3) is 6.32. The maximum Gasteiger partial charge on any atom is 0.0546 e. The predicted octanol–water partition coefficient (Wildman–Crippen LogP) is 17.2. The number of anilines is 3. The first-order chi connectivity index (χ1) is 32.0. The van der Waals surface area contributed by atoms with Gasteiger partial charge in [-0.1, -0.05) is 202 Å². The standard InChI is InChI=1S/C63H46N2/c1-63(2)55-31-16-14-29-53(55)62-56(63)32-19-35-60(62)65(59-34-18-30-50(45-22-8-4-9-23-45)61(59)52-28-13-12-26-49(52)44-20-6-3-7-21-44)48-39-36-43(37-40-48)46-38-41-58-54(42-46)51-27-15-17-33-57(51)64(58)47-24-10-5-11-25-47/h3-42H,1-2H3. The molecule has 0 saturated heterocycles. The molecule has 0 spiro atoms. The molecule has 0 aliphatic heterocycles. The van der Waals surface area contributed by atoms with E-state index in [9.17, 15) is 0 Å². The molecule has 0 amide bonds. The summed E-state index contributed by atoms with van der Waals surface area (Å²) in [7, 11) is 0. The highest BCUT2D eigenvalue weighted by molar-refractivity contribution is 6.11. The number of hydrogen-bond donors (Lipinski definition) is 0. The Kier molecular flexibility index (Phi) is 9.21. The van der Waals surface area contributed by atoms with Crippen molar-refractivity contribution >= 4 is 38.9 Å². The van der Waals surface area contributed by atoms with Crippen molar-refractivity contribution in [3.05, 3.63) is 254 Å². The van der Waals surface area contributed by atoms with Crippen LogP contribution in [0.2, 0.25) is 0 Å². The Morgan fingerprint density at radius 3 is 1.60 bits per heavy atom. The van der Waals surface area contributed by atoms with E-state index in [1.807, 2.05) is 0 Å². The zero-order valence-corrected chi connectivity index (χ0v) is 36.5. The summed E-state index contributed by atoms with van der Waals surface area (Å²) in [6.07, 6.45) is 0. The van der Waals surface area contributed by atoms with Crippen molar-refractivity contribution in [3.63, 3.8) is 0 Å². The predicted molar refractivity (Wildman–Crippen MR) is 275 cm³/mol. The number of benzene rings is 10. The molecule has 0 N–H and O–H groups in total. The fraction of sp³-hybridized carbons (Fsp3) is 0.0476. The number of aromatic nitrogens is 1. The van der Waals surface area contributed by atoms with Crippen LogP contribution in [0.25, 0.3) is 83.1 Å². The molecule has 1 aliphatic rings. The Morgan fingerprint density at radius 2 is 0.862 bits per heavy atom. The van der Waals surface area contributed by atoms with Crippen LogP contribution < -0.4 is 4.90 Å². The molecule has 65 heavy (non-hydrogen) atoms. The highest BCUT2D eigenvalue weighted by Gasteiger charge is 2.38. The minimum Gasteiger partial charge on any atom is -0.309 e. The average Bonchev–Trinajstić information content (AvgIpc) is 3.83. The Balaban J connectivity index is 1.09. The largest absolute Gasteiger partial charge is 0.309 e. The molecule has 1 aromatic heterocycles. The van der Waals surface area contributed by atoms with Gasteiger partial charge < -0.3 is 9.47 Å². The van der Waals surface area contributed by atoms with Crippen LogP contribution in [0.1, 0.15) is 25.0 Å². The van der Waals surface area contributed by atoms with Crippen molar-refractivity contribution in [2.24, 2.45) is 0 Å². The van der Waals surface area contributed by atoms with Gasteiger partial charge in [-0.3, -0.25) is 0 Å². The van der Waals surface area contributed by atoms with E-state index in [2.05, 4.69) is 266 Å². The topological polar surface area (TPSA) is 8.17 Å². The Bertz CT molecular complexity index is 3550. The van der Waals surface area contributed by atoms with E-state index in [0.29, 0.717) is 0 Å². The van der Waals surface area contributed by atoms with Crippen LogP contribution in [0, 0.1) is 0 Å². The van der Waals surface area contributed by atoms with E-state index in [-0.39, 0.29) is 5.41 Å². The summed E-state index contributed by atoms with van der Waals surface area (Å²) in [5.74, 6) is 0. The van der Waals surface area contributed by atoms with Crippen molar-refractivity contribution in [2.75, 3.05) is 4.90 Å². The van der Waals surface area contributed by atoms with E-state index in [1.54, 1.807) is 0 Å². The Morgan fingerprint density at radius 1 is 0.338 bits per heavy atom. The lowest BCUT2D eigenvalue weighted by atomic mass is 9.82. The minimum absolute atomic E-state index is 0.158. The molecule has 12 rings (SSSR count). The van der Waals surface area contributed by atoms with E-state index < -0.39 is 0 Å². The second-order valence-electron chi connectivity index (χ2n) is 17.6. The highest BCUT2D eigenvalue weighted by Crippen LogP contribution is 2.56. The van der Waals surface area contributed by atoms with Crippen LogP contribution in [0.15, 0.2) is 243 Å². The number of rotatable bonds is 8. The van der Waals surface area contributed by atoms with Gasteiger partial charge in [0.2, 0.25) is 0 Å². The van der Waals surface area contributed by atoms with Crippen molar-refractivity contribution in [3.8, 4) is 61.3 Å². The molecule has 0 unspecified atom stereocenters. The van der Waals surface area contributed by atoms with Crippen LogP contribution in [-0.4, -0.2) is 4.57 Å². The zero-order chi connectivity index (χ0) is 43.5. The minimum atomic E-state index is -0.158. The molecule has 0 atom stereocenters. The summed E-state index contributed by atoms with van der Waals surface area (Å²) in [5.41, 5.74) is 21.5. The fourth-order valence-corrected chi connectivity index (χ4v) is 10.6. The van der Waals surface area contributed by atoms with Gasteiger partial charge in [0, 0.05) is 38.7 Å². The molecule has 10 aromatic carbocycles. The molecule has 0 radical (unpaired) electrons. The maximum absolute atomic E-state index is 2.53. The lowest BCUT2D eigenvalue weighted by molar-refractivity contribution is 0.660. The normalized spacial score (nSPS) is 12.6. The van der Waals surface area contributed by atoms with Crippen molar-refractivity contribution in [2.45, 2.75) is 19.3 Å². The Hall–Kier alpha value is -8.20. The fourth-order valence-electron chi connectivity index (χ4n) is 10.6. The molecule has 2 heteroatoms. The summed E-state index contributed by atoms with van der Waals surface area (Å²) < 4.78 is 2.38. The van der Waals surface area contributed by atoms with Crippen molar-refractivity contribution in [1.82, 2.24) is 4.57 Å². The molecule has 0 bridgehead atoms. The quantitative estimate of drug-likeness (QED) is 0.148. The summed E-state index contributed by atoms with van der Waals surface area (Å²) in [6, 6.07) is 88.9. The van der Waals surface area contributed by atoms with Gasteiger partial charge in [0.15, 0.2) is 0 Å². The van der Waals surface area contributed by atoms with Gasteiger partial charge in [0.1, 0.15) is 0 Å². The van der Waals surface area contributed by atoms with E-state index >= 15 is 0 Å². The van der Waals surface area contributed by atoms with Crippen LogP contribution in [0.4, 0.5) is 17.1 Å². The van der Waals surface area contributed by atoms with Gasteiger partial charge in [-0.25, -0.2) is 0 Å². The van der Waals surface area contributed by atoms with Crippen LogP contribution in [0.5, 0.6) is 0 Å². The SMILES string of the molecule is CC1(C)c2ccccc2-c2c(N(c3ccc(-c4ccc5c(c4)c4ccccc4n5-c4ccccc4)cc3)c3cccc(-c4ccccc4)c3-c3ccccc3-c3ccccc3)cccc21. The summed E-state index contributed by atoms with van der Waals surface area (Å²) >= 11 is 0. The number of fused-ring (bicyclic) bond motifs is 6. The van der Waals surface area contributed by atoms with E-state index in [0.717, 1.165) is 22.7 Å². The van der Waals surface area contributed by atoms with Gasteiger partial charge in [0.05, 0.1) is 22.4 Å². The molecule has 2 nitrogen and oxygen atoms in total. The van der Waals surface area contributed by atoms with Crippen molar-refractivity contribution in [1.29, 1.82) is 0 Å². The maximum atomic E-state index is 2.53. The Labute approximate surface area is 381 Å². The summed E-state index contributed by atoms with van der Waals surface area (Å²) in [4.78, 5) is 2.53. The monoisotopic (exact) mass is 830 g/mol. The summed E-state index contributed by atoms with van der Waals surface area (Å²) in [6.45, 7) is 4.73. The molecule has 1 aliphatic carbocycles. The average molecular weight is 831 g/mol. The second-order valence-corrected chi connectivity index (χ2v) is 17.6. The van der Waals surface area contributed by atoms with Gasteiger partial charge in [-0.05, 0) is 110 Å². The summed E-state index contributed by atoms with van der Waals surface area (Å²) in [5, 5.41) is 2.49. The first kappa shape index (κ1) is 38.5. The van der Waals surface area contributed by atoms with Gasteiger partial charge >= 0.3 is 0 Å². The van der Waals surface area contributed by atoms with Crippen molar-refractivity contribution < 1.29 is 0 Å². The highest BCUT2D eigenvalue weighted by atomic mass is 15.1. The molecule has 0 fully saturated rings. The molecule has 1 heterocycles. The third-order valence-electron chi connectivity index (χ3n) is 13.6. The number of nitrogens with zero attached hydrogens (tertiary/aromatic N) is 2. The molecule has 11 aromatic rings. The molecule has 0 saturated carbocycles. The van der Waals surface area contributed by atoms with Crippen LogP contribution in [-0.2, 0) is 5.41 Å². The van der Waals surface area contributed by atoms with Crippen LogP contribution >= 0.6 is 0 Å². The smallest absolute Gasteiger partial charge is 0.0546 e. The van der Waals surface area contributed by atoms with Gasteiger partial charge in [-0.15, -0.1) is 0 Å².